The first-order valence-corrected chi connectivity index (χ1v) is 9.71. The van der Waals surface area contributed by atoms with Gasteiger partial charge in [-0.15, -0.1) is 5.06 Å². The Balaban J connectivity index is 1.38. The molecule has 0 radical (unpaired) electrons. The fourth-order valence-electron chi connectivity index (χ4n) is 3.93. The van der Waals surface area contributed by atoms with E-state index < -0.39 is 11.8 Å². The van der Waals surface area contributed by atoms with Gasteiger partial charge in [0.2, 0.25) is 0 Å². The van der Waals surface area contributed by atoms with Gasteiger partial charge in [0.05, 0.1) is 11.1 Å². The largest absolute Gasteiger partial charge is 0.457 e. The predicted octanol–water partition coefficient (Wildman–Crippen LogP) is 5.08. The highest BCUT2D eigenvalue weighted by molar-refractivity contribution is 6.20. The maximum atomic E-state index is 12.6. The van der Waals surface area contributed by atoms with Gasteiger partial charge >= 0.3 is 0 Å². The zero-order valence-electron chi connectivity index (χ0n) is 15.7. The van der Waals surface area contributed by atoms with Gasteiger partial charge in [0.25, 0.3) is 11.8 Å². The molecule has 1 atom stereocenters. The number of imide groups is 1. The third-order valence-electron chi connectivity index (χ3n) is 5.34. The molecular weight excluding hydrogens is 366 g/mol. The number of nitrogens with zero attached hydrogens (tertiary/aromatic N) is 1. The van der Waals surface area contributed by atoms with E-state index in [9.17, 15) is 9.59 Å². The van der Waals surface area contributed by atoms with E-state index in [4.69, 9.17) is 9.57 Å². The lowest BCUT2D eigenvalue weighted by atomic mass is 9.89. The van der Waals surface area contributed by atoms with Crippen molar-refractivity contribution >= 4 is 11.8 Å². The average Bonchev–Trinajstić information content (AvgIpc) is 3.00. The number of hydroxylamine groups is 2. The molecule has 5 heteroatoms. The molecule has 3 aromatic carbocycles. The van der Waals surface area contributed by atoms with Gasteiger partial charge in [0.15, 0.2) is 0 Å². The Morgan fingerprint density at radius 1 is 0.793 bits per heavy atom. The topological polar surface area (TPSA) is 55.8 Å². The molecule has 0 spiro atoms. The van der Waals surface area contributed by atoms with Gasteiger partial charge in [0, 0.05) is 0 Å². The van der Waals surface area contributed by atoms with Crippen molar-refractivity contribution < 1.29 is 19.2 Å². The molecule has 0 aromatic heterocycles. The van der Waals surface area contributed by atoms with Crippen LogP contribution in [0.1, 0.15) is 50.8 Å². The van der Waals surface area contributed by atoms with Crippen LogP contribution in [-0.2, 0) is 11.3 Å². The van der Waals surface area contributed by atoms with E-state index in [0.29, 0.717) is 11.1 Å². The number of benzene rings is 3. The molecule has 1 aliphatic carbocycles. The van der Waals surface area contributed by atoms with Gasteiger partial charge in [-0.1, -0.05) is 36.4 Å². The summed E-state index contributed by atoms with van der Waals surface area (Å²) in [6.07, 6.45) is 2.23. The summed E-state index contributed by atoms with van der Waals surface area (Å²) in [5.41, 5.74) is 2.89. The highest BCUT2D eigenvalue weighted by Crippen LogP contribution is 2.37. The Hall–Kier alpha value is -3.44. The third kappa shape index (κ3) is 3.19. The fourth-order valence-corrected chi connectivity index (χ4v) is 3.93. The zero-order valence-corrected chi connectivity index (χ0v) is 15.7. The second-order valence-electron chi connectivity index (χ2n) is 7.21. The van der Waals surface area contributed by atoms with Gasteiger partial charge in [-0.2, -0.15) is 0 Å². The number of carbonyl (C=O) groups is 2. The number of para-hydroxylation sites is 1. The molecule has 29 heavy (non-hydrogen) atoms. The van der Waals surface area contributed by atoms with Crippen LogP contribution in [0.2, 0.25) is 0 Å². The number of fused-ring (bicyclic) bond motifs is 2. The van der Waals surface area contributed by atoms with E-state index in [1.807, 2.05) is 48.5 Å². The van der Waals surface area contributed by atoms with Crippen LogP contribution in [0.5, 0.6) is 11.5 Å². The van der Waals surface area contributed by atoms with E-state index in [1.54, 1.807) is 24.3 Å². The van der Waals surface area contributed by atoms with Crippen LogP contribution in [0.4, 0.5) is 0 Å². The standard InChI is InChI=1S/C24H19NO4/c26-23-20-10-4-5-11-21(20)24(27)25(23)29-22-12-6-7-16-15-18(13-14-19(16)22)28-17-8-2-1-3-9-17/h1-5,8-11,13-15,22H,6-7,12H2. The van der Waals surface area contributed by atoms with Crippen molar-refractivity contribution in [1.82, 2.24) is 5.06 Å². The summed E-state index contributed by atoms with van der Waals surface area (Å²) in [5.74, 6) is 0.738. The molecule has 3 aromatic rings. The van der Waals surface area contributed by atoms with Crippen LogP contribution in [-0.4, -0.2) is 16.9 Å². The lowest BCUT2D eigenvalue weighted by Crippen LogP contribution is -2.32. The Labute approximate surface area is 168 Å². The molecule has 2 aliphatic rings. The van der Waals surface area contributed by atoms with Crippen LogP contribution in [0.3, 0.4) is 0 Å². The van der Waals surface area contributed by atoms with E-state index in [2.05, 4.69) is 0 Å². The molecule has 5 rings (SSSR count). The van der Waals surface area contributed by atoms with Gasteiger partial charge in [-0.05, 0) is 66.8 Å². The second-order valence-corrected chi connectivity index (χ2v) is 7.21. The molecule has 5 nitrogen and oxygen atoms in total. The first kappa shape index (κ1) is 17.6. The first-order chi connectivity index (χ1) is 14.2. The van der Waals surface area contributed by atoms with Crippen LogP contribution in [0.25, 0.3) is 0 Å². The minimum absolute atomic E-state index is 0.341. The lowest BCUT2D eigenvalue weighted by Gasteiger charge is -2.28. The number of carbonyl (C=O) groups excluding carboxylic acids is 2. The van der Waals surface area contributed by atoms with Crippen molar-refractivity contribution in [1.29, 1.82) is 0 Å². The van der Waals surface area contributed by atoms with Crippen molar-refractivity contribution in [2.45, 2.75) is 25.4 Å². The molecule has 0 N–H and O–H groups in total. The quantitative estimate of drug-likeness (QED) is 0.588. The number of amides is 2. The predicted molar refractivity (Wildman–Crippen MR) is 107 cm³/mol. The maximum absolute atomic E-state index is 12.6. The minimum atomic E-state index is -0.401. The number of aryl methyl sites for hydroxylation is 1. The summed E-state index contributed by atoms with van der Waals surface area (Å²) in [7, 11) is 0. The molecule has 0 fully saturated rings. The van der Waals surface area contributed by atoms with E-state index in [-0.39, 0.29) is 6.10 Å². The third-order valence-corrected chi connectivity index (χ3v) is 5.34. The molecule has 2 amide bonds. The first-order valence-electron chi connectivity index (χ1n) is 9.71. The average molecular weight is 385 g/mol. The van der Waals surface area contributed by atoms with Gasteiger partial charge < -0.3 is 4.74 Å². The number of rotatable bonds is 4. The van der Waals surface area contributed by atoms with Gasteiger partial charge in [0.1, 0.15) is 17.6 Å². The molecular formula is C24H19NO4. The molecule has 0 saturated heterocycles. The summed E-state index contributed by atoms with van der Waals surface area (Å²) < 4.78 is 5.93. The zero-order chi connectivity index (χ0) is 19.8. The summed E-state index contributed by atoms with van der Waals surface area (Å²) in [6, 6.07) is 22.3. The highest BCUT2D eigenvalue weighted by Gasteiger charge is 2.39. The number of hydrogen-bond acceptors (Lipinski definition) is 4. The van der Waals surface area contributed by atoms with E-state index >= 15 is 0 Å². The summed E-state index contributed by atoms with van der Waals surface area (Å²) in [5, 5.41) is 0.915. The fraction of sp³-hybridized carbons (Fsp3) is 0.167. The van der Waals surface area contributed by atoms with Crippen molar-refractivity contribution in [3.05, 3.63) is 95.1 Å². The molecule has 0 saturated carbocycles. The minimum Gasteiger partial charge on any atom is -0.457 e. The normalized spacial score (nSPS) is 17.8. The monoisotopic (exact) mass is 385 g/mol. The Kier molecular flexibility index (Phi) is 4.37. The van der Waals surface area contributed by atoms with Gasteiger partial charge in [-0.3, -0.25) is 14.4 Å². The van der Waals surface area contributed by atoms with Crippen LogP contribution in [0.15, 0.2) is 72.8 Å². The van der Waals surface area contributed by atoms with E-state index in [0.717, 1.165) is 47.0 Å². The van der Waals surface area contributed by atoms with Crippen LogP contribution < -0.4 is 4.74 Å². The highest BCUT2D eigenvalue weighted by atomic mass is 16.7. The lowest BCUT2D eigenvalue weighted by molar-refractivity contribution is -0.138. The number of hydrogen-bond donors (Lipinski definition) is 0. The smallest absolute Gasteiger partial charge is 0.285 e. The molecule has 0 bridgehead atoms. The van der Waals surface area contributed by atoms with Crippen LogP contribution >= 0.6 is 0 Å². The Morgan fingerprint density at radius 3 is 2.21 bits per heavy atom. The summed E-state index contributed by atoms with van der Waals surface area (Å²) in [4.78, 5) is 31.2. The molecule has 1 heterocycles. The van der Waals surface area contributed by atoms with Gasteiger partial charge in [-0.25, -0.2) is 0 Å². The van der Waals surface area contributed by atoms with Crippen LogP contribution in [0, 0.1) is 0 Å². The van der Waals surface area contributed by atoms with Crippen molar-refractivity contribution in [3.63, 3.8) is 0 Å². The maximum Gasteiger partial charge on any atom is 0.285 e. The summed E-state index contributed by atoms with van der Waals surface area (Å²) >= 11 is 0. The number of ether oxygens (including phenoxy) is 1. The van der Waals surface area contributed by atoms with Crippen molar-refractivity contribution in [2.24, 2.45) is 0 Å². The van der Waals surface area contributed by atoms with Crippen molar-refractivity contribution in [2.75, 3.05) is 0 Å². The SMILES string of the molecule is O=C1c2ccccc2C(=O)N1OC1CCCc2cc(Oc3ccccc3)ccc21. The molecule has 1 unspecified atom stereocenters. The Morgan fingerprint density at radius 2 is 1.48 bits per heavy atom. The van der Waals surface area contributed by atoms with E-state index in [1.165, 1.54) is 0 Å². The summed E-state index contributed by atoms with van der Waals surface area (Å²) in [6.45, 7) is 0. The molecule has 144 valence electrons. The Bertz CT molecular complexity index is 1060. The molecule has 1 aliphatic heterocycles. The van der Waals surface area contributed by atoms with Crippen molar-refractivity contribution in [3.8, 4) is 11.5 Å². The second kappa shape index (κ2) is 7.18.